The van der Waals surface area contributed by atoms with E-state index in [1.54, 1.807) is 6.33 Å². The van der Waals surface area contributed by atoms with E-state index in [1.165, 1.54) is 16.8 Å². The van der Waals surface area contributed by atoms with Crippen molar-refractivity contribution in [3.05, 3.63) is 83.9 Å². The number of amides is 1. The number of imidazole rings is 1. The van der Waals surface area contributed by atoms with E-state index in [-0.39, 0.29) is 0 Å². The van der Waals surface area contributed by atoms with Crippen LogP contribution in [0.1, 0.15) is 16.8 Å². The number of hydrogen-bond acceptors (Lipinski definition) is 7. The molecule has 1 unspecified atom stereocenters. The molecule has 176 valence electrons. The van der Waals surface area contributed by atoms with Gasteiger partial charge in [0.25, 0.3) is 0 Å². The van der Waals surface area contributed by atoms with Crippen LogP contribution in [0.2, 0.25) is 0 Å². The minimum atomic E-state index is 0.431. The predicted octanol–water partition coefficient (Wildman–Crippen LogP) is 1.25. The fourth-order valence-corrected chi connectivity index (χ4v) is 3.92. The summed E-state index contributed by atoms with van der Waals surface area (Å²) in [5.74, 6) is 9.91. The van der Waals surface area contributed by atoms with Crippen LogP contribution in [0, 0.1) is 0 Å². The number of benzene rings is 2. The molecule has 4 rings (SSSR count). The molecule has 2 heterocycles. The normalized spacial score (nSPS) is 15.7. The molecule has 33 heavy (non-hydrogen) atoms. The molecule has 0 bridgehead atoms. The maximum absolute atomic E-state index is 9.74. The van der Waals surface area contributed by atoms with Gasteiger partial charge in [0.15, 0.2) is 0 Å². The Balaban J connectivity index is 0.000000331. The second-order valence-corrected chi connectivity index (χ2v) is 8.14. The molecule has 2 aromatic carbocycles. The summed E-state index contributed by atoms with van der Waals surface area (Å²) in [5.41, 5.74) is 7.62. The molecule has 1 aliphatic rings. The third-order valence-electron chi connectivity index (χ3n) is 5.69. The lowest BCUT2D eigenvalue weighted by atomic mass is 10.0. The monoisotopic (exact) mass is 450 g/mol. The van der Waals surface area contributed by atoms with E-state index in [2.05, 4.69) is 86.8 Å². The second kappa shape index (κ2) is 12.7. The Morgan fingerprint density at radius 2 is 1.97 bits per heavy atom. The lowest BCUT2D eigenvalue weighted by Crippen LogP contribution is -2.40. The maximum atomic E-state index is 9.74. The summed E-state index contributed by atoms with van der Waals surface area (Å²) in [6.07, 6.45) is 5.28. The van der Waals surface area contributed by atoms with Crippen molar-refractivity contribution in [3.8, 4) is 0 Å². The van der Waals surface area contributed by atoms with Gasteiger partial charge in [-0.15, -0.1) is 0 Å². The van der Waals surface area contributed by atoms with E-state index >= 15 is 0 Å². The summed E-state index contributed by atoms with van der Waals surface area (Å²) in [6.45, 7) is 3.78. The molecule has 0 saturated heterocycles. The van der Waals surface area contributed by atoms with Gasteiger partial charge < -0.3 is 9.88 Å². The number of hydrazine groups is 2. The molecular weight excluding hydrogens is 416 g/mol. The Bertz CT molecular complexity index is 950. The summed E-state index contributed by atoms with van der Waals surface area (Å²) in [6, 6.07) is 20.0. The van der Waals surface area contributed by atoms with Crippen LogP contribution in [0.25, 0.3) is 0 Å². The molecule has 0 fully saturated rings. The predicted molar refractivity (Wildman–Crippen MR) is 131 cm³/mol. The molecule has 3 aromatic rings. The van der Waals surface area contributed by atoms with Crippen molar-refractivity contribution in [2.24, 2.45) is 11.7 Å². The number of nitrogens with zero attached hydrogens (tertiary/aromatic N) is 4. The minimum Gasteiger partial charge on any atom is -0.364 e. The van der Waals surface area contributed by atoms with Crippen molar-refractivity contribution >= 4 is 12.1 Å². The van der Waals surface area contributed by atoms with Crippen LogP contribution in [0.15, 0.2) is 67.1 Å². The fraction of sp³-hybridized carbons (Fsp3) is 0.333. The SMILES string of the molecule is CN1Cc2ccccc2N(Cc2cnc[nH]2)CC1Cc1ccccc1.NNCCN(N)C=O. The van der Waals surface area contributed by atoms with Crippen molar-refractivity contribution in [3.63, 3.8) is 0 Å². The topological polar surface area (TPSA) is 120 Å². The van der Waals surface area contributed by atoms with Crippen molar-refractivity contribution in [1.29, 1.82) is 0 Å². The Labute approximate surface area is 195 Å². The van der Waals surface area contributed by atoms with Gasteiger partial charge in [-0.05, 0) is 30.7 Å². The summed E-state index contributed by atoms with van der Waals surface area (Å²) in [7, 11) is 2.24. The first-order valence-corrected chi connectivity index (χ1v) is 11.0. The number of aromatic amines is 1. The van der Waals surface area contributed by atoms with Gasteiger partial charge in [0.05, 0.1) is 25.1 Å². The Morgan fingerprint density at radius 1 is 1.21 bits per heavy atom. The second-order valence-electron chi connectivity index (χ2n) is 8.14. The highest BCUT2D eigenvalue weighted by atomic mass is 16.1. The van der Waals surface area contributed by atoms with Gasteiger partial charge in [0, 0.05) is 37.6 Å². The number of fused-ring (bicyclic) bond motifs is 1. The highest BCUT2D eigenvalue weighted by Crippen LogP contribution is 2.28. The largest absolute Gasteiger partial charge is 0.364 e. The van der Waals surface area contributed by atoms with E-state index in [0.717, 1.165) is 36.8 Å². The van der Waals surface area contributed by atoms with E-state index in [0.29, 0.717) is 25.5 Å². The highest BCUT2D eigenvalue weighted by Gasteiger charge is 2.26. The molecule has 6 N–H and O–H groups in total. The van der Waals surface area contributed by atoms with Gasteiger partial charge in [-0.1, -0.05) is 48.5 Å². The van der Waals surface area contributed by atoms with E-state index in [9.17, 15) is 4.79 Å². The molecule has 0 spiro atoms. The first-order valence-electron chi connectivity index (χ1n) is 11.0. The molecule has 1 aliphatic heterocycles. The Hall–Kier alpha value is -3.24. The van der Waals surface area contributed by atoms with Gasteiger partial charge in [-0.25, -0.2) is 10.8 Å². The van der Waals surface area contributed by atoms with Crippen molar-refractivity contribution in [1.82, 2.24) is 25.3 Å². The molecule has 1 aromatic heterocycles. The number of H-pyrrole nitrogens is 1. The number of aromatic nitrogens is 2. The molecule has 9 heteroatoms. The zero-order valence-electron chi connectivity index (χ0n) is 19.1. The van der Waals surface area contributed by atoms with E-state index in [4.69, 9.17) is 11.7 Å². The standard InChI is InChI=1S/C21H24N4.C3H10N4O/c1-24-13-18-9-5-6-10-21(18)25(14-19-12-22-16-23-19)15-20(24)11-17-7-3-2-4-8-17;4-6-1-2-7(5)3-8/h2-10,12,16,20H,11,13-15H2,1H3,(H,22,23);3,6H,1-2,4-5H2. The van der Waals surface area contributed by atoms with Gasteiger partial charge in [0.2, 0.25) is 6.41 Å². The fourth-order valence-electron chi connectivity index (χ4n) is 3.92. The lowest BCUT2D eigenvalue weighted by molar-refractivity contribution is -0.118. The van der Waals surface area contributed by atoms with Crippen LogP contribution in [0.3, 0.4) is 0 Å². The number of likely N-dealkylation sites (N-methyl/N-ethyl adjacent to an activating group) is 1. The van der Waals surface area contributed by atoms with Crippen molar-refractivity contribution < 1.29 is 4.79 Å². The number of para-hydroxylation sites is 1. The summed E-state index contributed by atoms with van der Waals surface area (Å²) in [5, 5.41) is 1.01. The first kappa shape index (κ1) is 24.4. The summed E-state index contributed by atoms with van der Waals surface area (Å²) >= 11 is 0. The molecule has 1 atom stereocenters. The van der Waals surface area contributed by atoms with Crippen LogP contribution in [0.4, 0.5) is 5.69 Å². The van der Waals surface area contributed by atoms with Gasteiger partial charge in [-0.3, -0.25) is 26.0 Å². The number of nitrogens with one attached hydrogen (secondary N) is 2. The number of anilines is 1. The number of carbonyl (C=O) groups excluding carboxylic acids is 1. The van der Waals surface area contributed by atoms with E-state index in [1.807, 2.05) is 6.20 Å². The smallest absolute Gasteiger partial charge is 0.223 e. The first-order chi connectivity index (χ1) is 16.1. The lowest BCUT2D eigenvalue weighted by Gasteiger charge is -2.30. The molecule has 0 aliphatic carbocycles. The maximum Gasteiger partial charge on any atom is 0.223 e. The van der Waals surface area contributed by atoms with Crippen LogP contribution < -0.4 is 22.0 Å². The van der Waals surface area contributed by atoms with E-state index < -0.39 is 0 Å². The highest BCUT2D eigenvalue weighted by molar-refractivity contribution is 5.55. The van der Waals surface area contributed by atoms with Crippen molar-refractivity contribution in [2.75, 3.05) is 31.6 Å². The number of rotatable bonds is 8. The molecule has 0 saturated carbocycles. The third-order valence-corrected chi connectivity index (χ3v) is 5.69. The third kappa shape index (κ3) is 7.40. The van der Waals surface area contributed by atoms with Crippen LogP contribution in [0.5, 0.6) is 0 Å². The van der Waals surface area contributed by atoms with Crippen LogP contribution >= 0.6 is 0 Å². The minimum absolute atomic E-state index is 0.431. The number of nitrogens with two attached hydrogens (primary N) is 2. The number of carbonyl (C=O) groups is 1. The zero-order valence-corrected chi connectivity index (χ0v) is 19.1. The summed E-state index contributed by atoms with van der Waals surface area (Å²) < 4.78 is 0. The molecule has 9 nitrogen and oxygen atoms in total. The van der Waals surface area contributed by atoms with Gasteiger partial charge in [0.1, 0.15) is 0 Å². The average molecular weight is 451 g/mol. The number of hydrogen-bond donors (Lipinski definition) is 4. The molecule has 1 amide bonds. The average Bonchev–Trinajstić information content (AvgIpc) is 3.32. The van der Waals surface area contributed by atoms with Crippen LogP contribution in [-0.2, 0) is 24.3 Å². The van der Waals surface area contributed by atoms with Crippen LogP contribution in [-0.4, -0.2) is 59.0 Å². The van der Waals surface area contributed by atoms with Gasteiger partial charge >= 0.3 is 0 Å². The molecule has 0 radical (unpaired) electrons. The summed E-state index contributed by atoms with van der Waals surface area (Å²) in [4.78, 5) is 22.1. The zero-order chi connectivity index (χ0) is 23.5. The molecular formula is C24H34N8O. The Kier molecular flexibility index (Phi) is 9.40. The Morgan fingerprint density at radius 3 is 2.67 bits per heavy atom. The van der Waals surface area contributed by atoms with Gasteiger partial charge in [-0.2, -0.15) is 0 Å². The van der Waals surface area contributed by atoms with Crippen molar-refractivity contribution in [2.45, 2.75) is 25.6 Å². The quantitative estimate of drug-likeness (QED) is 0.176.